The summed E-state index contributed by atoms with van der Waals surface area (Å²) in [5.41, 5.74) is 3.17. The molecule has 0 saturated heterocycles. The zero-order valence-electron chi connectivity index (χ0n) is 19.7. The average molecular weight is 462 g/mol. The number of rotatable bonds is 8. The molecule has 4 rings (SSSR count). The van der Waals surface area contributed by atoms with Crippen molar-refractivity contribution in [3.8, 4) is 17.2 Å². The molecule has 2 heterocycles. The lowest BCUT2D eigenvalue weighted by Gasteiger charge is -2.12. The number of nitrogens with zero attached hydrogens (tertiary/aromatic N) is 4. The van der Waals surface area contributed by atoms with E-state index in [1.807, 2.05) is 56.3 Å². The Morgan fingerprint density at radius 1 is 1.06 bits per heavy atom. The summed E-state index contributed by atoms with van der Waals surface area (Å²) >= 11 is 0. The van der Waals surface area contributed by atoms with Gasteiger partial charge in [-0.3, -0.25) is 9.59 Å². The maximum absolute atomic E-state index is 13.2. The first-order valence-electron chi connectivity index (χ1n) is 11.0. The predicted octanol–water partition coefficient (Wildman–Crippen LogP) is 2.92. The van der Waals surface area contributed by atoms with Gasteiger partial charge >= 0.3 is 0 Å². The van der Waals surface area contributed by atoms with Crippen molar-refractivity contribution in [3.05, 3.63) is 75.8 Å². The van der Waals surface area contributed by atoms with E-state index in [1.54, 1.807) is 24.8 Å². The summed E-state index contributed by atoms with van der Waals surface area (Å²) in [5.74, 6) is 0.916. The molecule has 0 aliphatic heterocycles. The maximum Gasteiger partial charge on any atom is 0.278 e. The standard InChI is InChI=1S/C25H27N5O4/c1-5-34-21-13-18(11-12-20(21)33-4)14-26-22(31)15-29-25(32)23-17(3)30(19-9-7-6-8-10-19)28-24(23)16(2)27-29/h6-13H,5,14-15H2,1-4H3,(H,26,31). The quantitative estimate of drug-likeness (QED) is 0.433. The van der Waals surface area contributed by atoms with Gasteiger partial charge in [-0.25, -0.2) is 9.36 Å². The van der Waals surface area contributed by atoms with Crippen LogP contribution in [0.25, 0.3) is 16.6 Å². The fourth-order valence-corrected chi connectivity index (χ4v) is 3.83. The van der Waals surface area contributed by atoms with Crippen molar-refractivity contribution < 1.29 is 14.3 Å². The lowest BCUT2D eigenvalue weighted by atomic mass is 10.2. The van der Waals surface area contributed by atoms with Crippen molar-refractivity contribution in [2.75, 3.05) is 13.7 Å². The normalized spacial score (nSPS) is 10.9. The first-order chi connectivity index (χ1) is 16.4. The lowest BCUT2D eigenvalue weighted by Crippen LogP contribution is -2.34. The number of carbonyl (C=O) groups is 1. The van der Waals surface area contributed by atoms with Crippen LogP contribution in [0.2, 0.25) is 0 Å². The highest BCUT2D eigenvalue weighted by molar-refractivity contribution is 5.83. The van der Waals surface area contributed by atoms with Crippen LogP contribution < -0.4 is 20.3 Å². The molecular weight excluding hydrogens is 434 g/mol. The Balaban J connectivity index is 1.55. The zero-order valence-corrected chi connectivity index (χ0v) is 19.7. The molecule has 176 valence electrons. The molecule has 1 N–H and O–H groups in total. The first-order valence-corrected chi connectivity index (χ1v) is 11.0. The number of ether oxygens (including phenoxy) is 2. The number of fused-ring (bicyclic) bond motifs is 1. The zero-order chi connectivity index (χ0) is 24.2. The van der Waals surface area contributed by atoms with Gasteiger partial charge in [-0.1, -0.05) is 24.3 Å². The molecule has 9 nitrogen and oxygen atoms in total. The number of aryl methyl sites for hydroxylation is 2. The molecular formula is C25H27N5O4. The molecule has 34 heavy (non-hydrogen) atoms. The summed E-state index contributed by atoms with van der Waals surface area (Å²) < 4.78 is 13.8. The third kappa shape index (κ3) is 4.50. The average Bonchev–Trinajstić information content (AvgIpc) is 3.20. The van der Waals surface area contributed by atoms with Crippen molar-refractivity contribution >= 4 is 16.8 Å². The summed E-state index contributed by atoms with van der Waals surface area (Å²) in [7, 11) is 1.58. The fraction of sp³-hybridized carbons (Fsp3) is 0.280. The Bertz CT molecular complexity index is 1390. The van der Waals surface area contributed by atoms with Crippen LogP contribution in [-0.4, -0.2) is 39.2 Å². The SMILES string of the molecule is CCOc1cc(CNC(=O)Cn2nc(C)c3nn(-c4ccccc4)c(C)c3c2=O)ccc1OC. The highest BCUT2D eigenvalue weighted by Gasteiger charge is 2.18. The number of carbonyl (C=O) groups excluding carboxylic acids is 1. The van der Waals surface area contributed by atoms with E-state index in [-0.39, 0.29) is 24.6 Å². The van der Waals surface area contributed by atoms with E-state index in [4.69, 9.17) is 9.47 Å². The van der Waals surface area contributed by atoms with Crippen LogP contribution in [0.3, 0.4) is 0 Å². The van der Waals surface area contributed by atoms with E-state index in [2.05, 4.69) is 15.5 Å². The third-order valence-corrected chi connectivity index (χ3v) is 5.49. The molecule has 2 aromatic heterocycles. The second-order valence-electron chi connectivity index (χ2n) is 7.80. The number of amides is 1. The molecule has 0 bridgehead atoms. The predicted molar refractivity (Wildman–Crippen MR) is 129 cm³/mol. The molecule has 0 fully saturated rings. The molecule has 0 spiro atoms. The van der Waals surface area contributed by atoms with E-state index in [1.165, 1.54) is 4.68 Å². The fourth-order valence-electron chi connectivity index (χ4n) is 3.83. The van der Waals surface area contributed by atoms with Crippen molar-refractivity contribution in [2.45, 2.75) is 33.9 Å². The molecule has 2 aromatic carbocycles. The van der Waals surface area contributed by atoms with Gasteiger partial charge in [0.05, 0.1) is 36.2 Å². The Morgan fingerprint density at radius 2 is 1.82 bits per heavy atom. The monoisotopic (exact) mass is 461 g/mol. The molecule has 0 aliphatic carbocycles. The van der Waals surface area contributed by atoms with Crippen LogP contribution in [0.4, 0.5) is 0 Å². The van der Waals surface area contributed by atoms with E-state index in [0.717, 1.165) is 11.3 Å². The molecule has 0 unspecified atom stereocenters. The number of nitrogens with one attached hydrogen (secondary N) is 1. The summed E-state index contributed by atoms with van der Waals surface area (Å²) in [6, 6.07) is 15.1. The Morgan fingerprint density at radius 3 is 2.53 bits per heavy atom. The molecule has 0 atom stereocenters. The van der Waals surface area contributed by atoms with Crippen molar-refractivity contribution in [2.24, 2.45) is 0 Å². The van der Waals surface area contributed by atoms with Crippen LogP contribution in [0.5, 0.6) is 11.5 Å². The second kappa shape index (κ2) is 9.78. The number of benzene rings is 2. The van der Waals surface area contributed by atoms with Crippen molar-refractivity contribution in [1.29, 1.82) is 0 Å². The molecule has 0 radical (unpaired) electrons. The van der Waals surface area contributed by atoms with E-state index >= 15 is 0 Å². The van der Waals surface area contributed by atoms with Crippen LogP contribution in [0.15, 0.2) is 53.3 Å². The summed E-state index contributed by atoms with van der Waals surface area (Å²) in [6.45, 7) is 6.10. The Kier molecular flexibility index (Phi) is 6.62. The highest BCUT2D eigenvalue weighted by Crippen LogP contribution is 2.28. The van der Waals surface area contributed by atoms with Crippen molar-refractivity contribution in [1.82, 2.24) is 24.9 Å². The van der Waals surface area contributed by atoms with Gasteiger partial charge in [0.1, 0.15) is 12.1 Å². The number of hydrogen-bond donors (Lipinski definition) is 1. The largest absolute Gasteiger partial charge is 0.493 e. The summed E-state index contributed by atoms with van der Waals surface area (Å²) in [6.07, 6.45) is 0. The van der Waals surface area contributed by atoms with Crippen molar-refractivity contribution in [3.63, 3.8) is 0 Å². The Labute approximate surface area is 196 Å². The van der Waals surface area contributed by atoms with Gasteiger partial charge in [0.2, 0.25) is 5.91 Å². The van der Waals surface area contributed by atoms with Gasteiger partial charge in [0.25, 0.3) is 5.56 Å². The molecule has 1 amide bonds. The van der Waals surface area contributed by atoms with Gasteiger partial charge in [0.15, 0.2) is 11.5 Å². The van der Waals surface area contributed by atoms with E-state index in [9.17, 15) is 9.59 Å². The minimum absolute atomic E-state index is 0.194. The van der Waals surface area contributed by atoms with Gasteiger partial charge < -0.3 is 14.8 Å². The molecule has 0 saturated carbocycles. The molecule has 0 aliphatic rings. The smallest absolute Gasteiger partial charge is 0.278 e. The number of hydrogen-bond acceptors (Lipinski definition) is 6. The molecule has 4 aromatic rings. The highest BCUT2D eigenvalue weighted by atomic mass is 16.5. The lowest BCUT2D eigenvalue weighted by molar-refractivity contribution is -0.122. The van der Waals surface area contributed by atoms with Crippen LogP contribution in [-0.2, 0) is 17.9 Å². The maximum atomic E-state index is 13.2. The van der Waals surface area contributed by atoms with Crippen LogP contribution >= 0.6 is 0 Å². The number of para-hydroxylation sites is 1. The number of aromatic nitrogens is 4. The van der Waals surface area contributed by atoms with Gasteiger partial charge in [-0.2, -0.15) is 10.2 Å². The van der Waals surface area contributed by atoms with Gasteiger partial charge in [0, 0.05) is 6.54 Å². The minimum atomic E-state index is -0.349. The summed E-state index contributed by atoms with van der Waals surface area (Å²) in [5, 5.41) is 12.2. The molecule has 9 heteroatoms. The van der Waals surface area contributed by atoms with E-state index < -0.39 is 0 Å². The first kappa shape index (κ1) is 23.0. The topological polar surface area (TPSA) is 100 Å². The van der Waals surface area contributed by atoms with E-state index in [0.29, 0.717) is 40.4 Å². The number of methoxy groups -OCH3 is 1. The van der Waals surface area contributed by atoms with Crippen LogP contribution in [0, 0.1) is 13.8 Å². The third-order valence-electron chi connectivity index (χ3n) is 5.49. The minimum Gasteiger partial charge on any atom is -0.493 e. The Hall–Kier alpha value is -4.14. The summed E-state index contributed by atoms with van der Waals surface area (Å²) in [4.78, 5) is 25.8. The van der Waals surface area contributed by atoms with Crippen LogP contribution in [0.1, 0.15) is 23.9 Å². The second-order valence-corrected chi connectivity index (χ2v) is 7.80. The van der Waals surface area contributed by atoms with Gasteiger partial charge in [-0.05, 0) is 50.6 Å². The van der Waals surface area contributed by atoms with Gasteiger partial charge in [-0.15, -0.1) is 0 Å².